The molecule has 4 N–H and O–H groups in total. The molecule has 27 heavy (non-hydrogen) atoms. The van der Waals surface area contributed by atoms with Gasteiger partial charge in [0.1, 0.15) is 30.8 Å². The van der Waals surface area contributed by atoms with E-state index in [-0.39, 0.29) is 6.61 Å². The topological polar surface area (TPSA) is 151 Å². The lowest BCUT2D eigenvalue weighted by Gasteiger charge is -2.30. The Morgan fingerprint density at radius 3 is 3.19 bits per heavy atom. The SMILES string of the molecule is [B][P+]1(OCOC(C)=O)OCC2OC(N3CNc4c(N)ncnc43)C(O)[C@@H]2O1. The first-order valence-corrected chi connectivity index (χ1v) is 9.72. The minimum absolute atomic E-state index is 0.0581. The Hall–Kier alpha value is -1.76. The van der Waals surface area contributed by atoms with Crippen LogP contribution in [0.25, 0.3) is 0 Å². The van der Waals surface area contributed by atoms with E-state index < -0.39 is 45.1 Å². The van der Waals surface area contributed by atoms with Crippen LogP contribution in [-0.4, -0.2) is 73.2 Å². The quantitative estimate of drug-likeness (QED) is 0.250. The number of aromatic nitrogens is 2. The molecule has 4 unspecified atom stereocenters. The molecule has 3 aliphatic heterocycles. The highest BCUT2D eigenvalue weighted by Crippen LogP contribution is 2.62. The fourth-order valence-electron chi connectivity index (χ4n) is 3.10. The Balaban J connectivity index is 1.46. The Kier molecular flexibility index (Phi) is 4.83. The fourth-order valence-corrected chi connectivity index (χ4v) is 4.45. The van der Waals surface area contributed by atoms with Gasteiger partial charge in [0.25, 0.3) is 0 Å². The van der Waals surface area contributed by atoms with Crippen LogP contribution in [0, 0.1) is 0 Å². The largest absolute Gasteiger partial charge is 0.488 e. The maximum Gasteiger partial charge on any atom is 0.488 e. The molecule has 5 atom stereocenters. The van der Waals surface area contributed by atoms with Gasteiger partial charge in [0.2, 0.25) is 6.79 Å². The molecule has 2 fully saturated rings. The Morgan fingerprint density at radius 1 is 1.59 bits per heavy atom. The molecule has 0 aromatic carbocycles. The molecular weight excluding hydrogens is 380 g/mol. The van der Waals surface area contributed by atoms with Gasteiger partial charge in [-0.3, -0.25) is 4.79 Å². The number of rotatable bonds is 4. The second-order valence-corrected chi connectivity index (χ2v) is 7.91. The van der Waals surface area contributed by atoms with Crippen LogP contribution < -0.4 is 16.0 Å². The molecule has 0 bridgehead atoms. The van der Waals surface area contributed by atoms with Gasteiger partial charge in [0, 0.05) is 6.92 Å². The van der Waals surface area contributed by atoms with E-state index in [9.17, 15) is 9.90 Å². The predicted octanol–water partition coefficient (Wildman–Crippen LogP) is -0.867. The molecular formula is C13H18BN5O7P+. The smallest absolute Gasteiger partial charge is 0.434 e. The highest BCUT2D eigenvalue weighted by Gasteiger charge is 2.59. The summed E-state index contributed by atoms with van der Waals surface area (Å²) in [5.74, 6) is 0.297. The number of hydrogen-bond donors (Lipinski definition) is 3. The van der Waals surface area contributed by atoms with Gasteiger partial charge in [0.15, 0.2) is 24.0 Å². The summed E-state index contributed by atoms with van der Waals surface area (Å²) < 4.78 is 26.9. The van der Waals surface area contributed by atoms with Gasteiger partial charge in [-0.2, -0.15) is 13.6 Å². The highest BCUT2D eigenvalue weighted by atomic mass is 31.2. The normalized spacial score (nSPS) is 34.7. The molecule has 3 aliphatic rings. The monoisotopic (exact) mass is 398 g/mol. The molecule has 0 amide bonds. The predicted molar refractivity (Wildman–Crippen MR) is 93.3 cm³/mol. The van der Waals surface area contributed by atoms with Crippen LogP contribution in [0.3, 0.4) is 0 Å². The van der Waals surface area contributed by atoms with Crippen LogP contribution >= 0.6 is 7.82 Å². The van der Waals surface area contributed by atoms with Crippen molar-refractivity contribution >= 4 is 38.7 Å². The zero-order chi connectivity index (χ0) is 19.2. The molecule has 2 radical (unpaired) electrons. The van der Waals surface area contributed by atoms with Gasteiger partial charge in [0.05, 0.1) is 6.67 Å². The molecule has 4 heterocycles. The molecule has 0 spiro atoms. The van der Waals surface area contributed by atoms with E-state index >= 15 is 0 Å². The van der Waals surface area contributed by atoms with Crippen molar-refractivity contribution in [1.29, 1.82) is 0 Å². The van der Waals surface area contributed by atoms with Crippen molar-refractivity contribution in [3.05, 3.63) is 6.33 Å². The first-order valence-electron chi connectivity index (χ1n) is 8.11. The Morgan fingerprint density at radius 2 is 2.41 bits per heavy atom. The lowest BCUT2D eigenvalue weighted by Crippen LogP contribution is -2.46. The van der Waals surface area contributed by atoms with Crippen molar-refractivity contribution in [3.8, 4) is 0 Å². The van der Waals surface area contributed by atoms with Crippen molar-refractivity contribution in [2.75, 3.05) is 36.0 Å². The third-order valence-electron chi connectivity index (χ3n) is 4.35. The minimum Gasteiger partial charge on any atom is -0.434 e. The van der Waals surface area contributed by atoms with Gasteiger partial charge >= 0.3 is 21.4 Å². The van der Waals surface area contributed by atoms with Crippen LogP contribution in [0.15, 0.2) is 6.33 Å². The average Bonchev–Trinajstić information content (AvgIpc) is 3.17. The third kappa shape index (κ3) is 3.42. The van der Waals surface area contributed by atoms with Crippen LogP contribution in [0.1, 0.15) is 6.92 Å². The number of anilines is 3. The number of nitrogen functional groups attached to an aromatic ring is 1. The van der Waals surface area contributed by atoms with Gasteiger partial charge in [-0.1, -0.05) is 0 Å². The molecule has 1 aromatic heterocycles. The number of ether oxygens (including phenoxy) is 2. The van der Waals surface area contributed by atoms with Gasteiger partial charge in [-0.05, 0) is 0 Å². The molecule has 14 heteroatoms. The van der Waals surface area contributed by atoms with Gasteiger partial charge in [-0.25, -0.2) is 9.97 Å². The average molecular weight is 398 g/mol. The number of aliphatic hydroxyl groups excluding tert-OH is 1. The van der Waals surface area contributed by atoms with Gasteiger partial charge < -0.3 is 30.5 Å². The Bertz CT molecular complexity index is 747. The molecule has 4 rings (SSSR count). The van der Waals surface area contributed by atoms with E-state index in [2.05, 4.69) is 15.3 Å². The number of nitrogens with one attached hydrogen (secondary N) is 1. The summed E-state index contributed by atoms with van der Waals surface area (Å²) in [7, 11) is 2.73. The van der Waals surface area contributed by atoms with Crippen LogP contribution in [0.4, 0.5) is 17.3 Å². The Labute approximate surface area is 156 Å². The number of hydrogen-bond acceptors (Lipinski definition) is 12. The molecule has 12 nitrogen and oxygen atoms in total. The summed E-state index contributed by atoms with van der Waals surface area (Å²) in [6.07, 6.45) is -1.80. The number of fused-ring (bicyclic) bond motifs is 2. The van der Waals surface area contributed by atoms with Crippen molar-refractivity contribution in [2.24, 2.45) is 0 Å². The number of nitrogens with two attached hydrogens (primary N) is 1. The van der Waals surface area contributed by atoms with Crippen molar-refractivity contribution in [1.82, 2.24) is 9.97 Å². The summed E-state index contributed by atoms with van der Waals surface area (Å²) in [5.41, 5.74) is 6.41. The summed E-state index contributed by atoms with van der Waals surface area (Å²) in [6, 6.07) is 0. The zero-order valence-electron chi connectivity index (χ0n) is 14.3. The van der Waals surface area contributed by atoms with E-state index in [4.69, 9.17) is 36.3 Å². The van der Waals surface area contributed by atoms with Crippen LogP contribution in [0.5, 0.6) is 0 Å². The van der Waals surface area contributed by atoms with E-state index in [1.54, 1.807) is 4.90 Å². The van der Waals surface area contributed by atoms with Crippen molar-refractivity contribution in [3.63, 3.8) is 0 Å². The maximum absolute atomic E-state index is 10.8. The number of nitrogens with zero attached hydrogens (tertiary/aromatic N) is 3. The number of carbonyl (C=O) groups is 1. The second kappa shape index (κ2) is 7.00. The first kappa shape index (κ1) is 18.6. The van der Waals surface area contributed by atoms with Crippen molar-refractivity contribution in [2.45, 2.75) is 31.5 Å². The molecule has 2 saturated heterocycles. The minimum atomic E-state index is -3.26. The van der Waals surface area contributed by atoms with E-state index in [1.165, 1.54) is 13.3 Å². The number of aliphatic hydroxyl groups is 1. The van der Waals surface area contributed by atoms with E-state index in [0.29, 0.717) is 24.0 Å². The van der Waals surface area contributed by atoms with Crippen molar-refractivity contribution < 1.29 is 32.9 Å². The first-order chi connectivity index (χ1) is 12.9. The maximum atomic E-state index is 10.8. The lowest BCUT2D eigenvalue weighted by molar-refractivity contribution is -0.149. The molecule has 144 valence electrons. The summed E-state index contributed by atoms with van der Waals surface area (Å²) >= 11 is 0. The van der Waals surface area contributed by atoms with E-state index in [1.807, 2.05) is 0 Å². The highest BCUT2D eigenvalue weighted by molar-refractivity contribution is 7.85. The number of esters is 1. The molecule has 1 aromatic rings. The standard InChI is InChI=1S/C13H18BN5O7P/c1-6(20)22-5-24-27(14)23-2-7-10(26-27)9(21)13(25-7)19-4-18-8-11(15)16-3-17-12(8)19/h3,7,9-10,13,18,21H,2,4-5H2,1H3,(H2,15,16,17)/q+1/t7?,9?,10-,13?,27?/m1/s1. The summed E-state index contributed by atoms with van der Waals surface area (Å²) in [6.45, 7) is 1.22. The zero-order valence-corrected chi connectivity index (χ0v) is 15.2. The molecule has 0 saturated carbocycles. The van der Waals surface area contributed by atoms with Crippen LogP contribution in [-0.2, 0) is 27.8 Å². The van der Waals surface area contributed by atoms with E-state index in [0.717, 1.165) is 0 Å². The second-order valence-electron chi connectivity index (χ2n) is 6.11. The molecule has 0 aliphatic carbocycles. The number of carbonyl (C=O) groups excluding carboxylic acids is 1. The fraction of sp³-hybridized carbons (Fsp3) is 0.615. The van der Waals surface area contributed by atoms with Crippen LogP contribution in [0.2, 0.25) is 0 Å². The van der Waals surface area contributed by atoms with Gasteiger partial charge in [-0.15, -0.1) is 0 Å². The summed E-state index contributed by atoms with van der Waals surface area (Å²) in [5, 5.41) is 13.8. The summed E-state index contributed by atoms with van der Waals surface area (Å²) in [4.78, 5) is 20.7. The lowest BCUT2D eigenvalue weighted by atomic mass is 10.1. The third-order valence-corrected chi connectivity index (χ3v) is 5.87.